The van der Waals surface area contributed by atoms with E-state index in [1.165, 1.54) is 17.5 Å². The normalized spacial score (nSPS) is 18.6. The first kappa shape index (κ1) is 19.3. The highest BCUT2D eigenvalue weighted by atomic mass is 32.1. The number of pyridine rings is 1. The van der Waals surface area contributed by atoms with E-state index in [1.807, 2.05) is 6.07 Å². The number of carbonyl (C=O) groups is 1. The molecule has 0 bridgehead atoms. The number of fused-ring (bicyclic) bond motifs is 2. The van der Waals surface area contributed by atoms with Crippen molar-refractivity contribution in [3.05, 3.63) is 49.9 Å². The lowest BCUT2D eigenvalue weighted by molar-refractivity contribution is 0.0695. The number of aromatic carboxylic acids is 1. The van der Waals surface area contributed by atoms with Crippen molar-refractivity contribution in [3.8, 4) is 10.4 Å². The van der Waals surface area contributed by atoms with Gasteiger partial charge < -0.3 is 20.5 Å². The van der Waals surface area contributed by atoms with Crippen molar-refractivity contribution in [2.24, 2.45) is 0 Å². The molecule has 2 heterocycles. The average molecular weight is 428 g/mol. The Bertz CT molecular complexity index is 1290. The van der Waals surface area contributed by atoms with Gasteiger partial charge in [0, 0.05) is 27.6 Å². The van der Waals surface area contributed by atoms with E-state index in [9.17, 15) is 19.8 Å². The van der Waals surface area contributed by atoms with Crippen molar-refractivity contribution in [2.45, 2.75) is 51.2 Å². The number of nitrogens with two attached hydrogens (primary N) is 1. The highest BCUT2D eigenvalue weighted by molar-refractivity contribution is 7.15. The van der Waals surface area contributed by atoms with Gasteiger partial charge in [0.2, 0.25) is 5.43 Å². The van der Waals surface area contributed by atoms with E-state index < -0.39 is 28.9 Å². The number of thiophene rings is 1. The zero-order chi connectivity index (χ0) is 21.3. The zero-order valence-corrected chi connectivity index (χ0v) is 17.2. The molecule has 30 heavy (non-hydrogen) atoms. The number of anilines is 1. The minimum absolute atomic E-state index is 0.0677. The fraction of sp³-hybridized carbons (Fsp3) is 0.364. The summed E-state index contributed by atoms with van der Waals surface area (Å²) in [5.41, 5.74) is 7.02. The molecule has 5 rings (SSSR count). The predicted octanol–water partition coefficient (Wildman–Crippen LogP) is 4.16. The Morgan fingerprint density at radius 2 is 2.07 bits per heavy atom. The Hall–Kier alpha value is -2.71. The van der Waals surface area contributed by atoms with Gasteiger partial charge >= 0.3 is 5.97 Å². The summed E-state index contributed by atoms with van der Waals surface area (Å²) in [4.78, 5) is 26.0. The first-order chi connectivity index (χ1) is 14.3. The van der Waals surface area contributed by atoms with E-state index in [2.05, 4.69) is 0 Å². The number of nitrogens with zero attached hydrogens (tertiary/aromatic N) is 1. The average Bonchev–Trinajstić information content (AvgIpc) is 3.45. The lowest BCUT2D eigenvalue weighted by Crippen LogP contribution is -2.21. The molecular weight excluding hydrogens is 407 g/mol. The van der Waals surface area contributed by atoms with Crippen molar-refractivity contribution in [1.82, 2.24) is 4.57 Å². The van der Waals surface area contributed by atoms with Gasteiger partial charge in [0.15, 0.2) is 5.82 Å². The summed E-state index contributed by atoms with van der Waals surface area (Å²) in [5.74, 6) is -2.06. The van der Waals surface area contributed by atoms with Crippen molar-refractivity contribution >= 4 is 33.9 Å². The number of carboxylic acid groups (broad SMARTS) is 1. The Balaban J connectivity index is 1.86. The van der Waals surface area contributed by atoms with E-state index in [0.29, 0.717) is 27.9 Å². The SMILES string of the molecule is Cc1c(-c2cc3c(s2)C(O)CCC3)c(F)c(N)c2c(=O)c(C(=O)O)cn(C3CC3)c12. The van der Waals surface area contributed by atoms with Crippen LogP contribution in [-0.2, 0) is 6.42 Å². The second-order valence-electron chi connectivity index (χ2n) is 8.17. The van der Waals surface area contributed by atoms with E-state index >= 15 is 4.39 Å². The number of halogens is 1. The number of aliphatic hydroxyl groups is 1. The van der Waals surface area contributed by atoms with Gasteiger partial charge in [-0.1, -0.05) is 0 Å². The van der Waals surface area contributed by atoms with E-state index in [-0.39, 0.29) is 17.1 Å². The number of aryl methyl sites for hydroxylation is 2. The van der Waals surface area contributed by atoms with Crippen LogP contribution in [0.25, 0.3) is 21.3 Å². The molecule has 0 saturated heterocycles. The molecule has 0 amide bonds. The van der Waals surface area contributed by atoms with Gasteiger partial charge in [-0.15, -0.1) is 11.3 Å². The van der Waals surface area contributed by atoms with Crippen molar-refractivity contribution in [2.75, 3.05) is 5.73 Å². The lowest BCUT2D eigenvalue weighted by Gasteiger charge is -2.18. The number of aromatic nitrogens is 1. The third-order valence-electron chi connectivity index (χ3n) is 6.18. The monoisotopic (exact) mass is 428 g/mol. The molecule has 156 valence electrons. The number of carboxylic acids is 1. The zero-order valence-electron chi connectivity index (χ0n) is 16.4. The third kappa shape index (κ3) is 2.70. The molecule has 3 aromatic rings. The molecule has 6 nitrogen and oxygen atoms in total. The van der Waals surface area contributed by atoms with Crippen LogP contribution in [0.4, 0.5) is 10.1 Å². The highest BCUT2D eigenvalue weighted by Gasteiger charge is 2.31. The number of nitrogen functional groups attached to an aromatic ring is 1. The fourth-order valence-corrected chi connectivity index (χ4v) is 5.87. The molecule has 1 saturated carbocycles. The van der Waals surface area contributed by atoms with Crippen molar-refractivity contribution < 1.29 is 19.4 Å². The molecule has 4 N–H and O–H groups in total. The van der Waals surface area contributed by atoms with Crippen molar-refractivity contribution in [3.63, 3.8) is 0 Å². The minimum atomic E-state index is -1.35. The van der Waals surface area contributed by atoms with Crippen LogP contribution >= 0.6 is 11.3 Å². The fourth-order valence-electron chi connectivity index (χ4n) is 4.54. The van der Waals surface area contributed by atoms with Gasteiger partial charge in [-0.05, 0) is 56.2 Å². The van der Waals surface area contributed by atoms with Crippen LogP contribution in [0.15, 0.2) is 17.1 Å². The second kappa shape index (κ2) is 6.65. The van der Waals surface area contributed by atoms with Crippen LogP contribution in [-0.4, -0.2) is 20.7 Å². The maximum Gasteiger partial charge on any atom is 0.341 e. The number of aliphatic hydroxyl groups excluding tert-OH is 1. The van der Waals surface area contributed by atoms with Gasteiger partial charge in [-0.25, -0.2) is 9.18 Å². The van der Waals surface area contributed by atoms with Gasteiger partial charge in [-0.2, -0.15) is 0 Å². The molecule has 1 fully saturated rings. The first-order valence-electron chi connectivity index (χ1n) is 10.00. The molecule has 2 aromatic heterocycles. The molecular formula is C22H21FN2O4S. The standard InChI is InChI=1S/C22H21FN2O4S/c1-9-15(14-7-10-3-2-4-13(26)21(10)30-14)17(23)18(24)16-19(9)25(11-5-6-11)8-12(20(16)27)22(28)29/h7-8,11,13,26H,2-6,24H2,1H3,(H,28,29). The Labute approximate surface area is 175 Å². The van der Waals surface area contributed by atoms with Crippen LogP contribution in [0, 0.1) is 12.7 Å². The summed E-state index contributed by atoms with van der Waals surface area (Å²) in [5, 5.41) is 19.7. The van der Waals surface area contributed by atoms with Gasteiger partial charge in [0.05, 0.1) is 22.7 Å². The van der Waals surface area contributed by atoms with Crippen LogP contribution in [0.1, 0.15) is 64.2 Å². The first-order valence-corrected chi connectivity index (χ1v) is 10.8. The predicted molar refractivity (Wildman–Crippen MR) is 114 cm³/mol. The summed E-state index contributed by atoms with van der Waals surface area (Å²) < 4.78 is 17.3. The second-order valence-corrected chi connectivity index (χ2v) is 9.26. The van der Waals surface area contributed by atoms with Crippen LogP contribution < -0.4 is 11.2 Å². The van der Waals surface area contributed by atoms with Crippen LogP contribution in [0.2, 0.25) is 0 Å². The van der Waals surface area contributed by atoms with Gasteiger partial charge in [-0.3, -0.25) is 4.79 Å². The largest absolute Gasteiger partial charge is 0.477 e. The molecule has 0 aliphatic heterocycles. The maximum absolute atomic E-state index is 15.5. The quantitative estimate of drug-likeness (QED) is 0.543. The third-order valence-corrected chi connectivity index (χ3v) is 7.47. The summed E-state index contributed by atoms with van der Waals surface area (Å²) in [6, 6.07) is 1.98. The van der Waals surface area contributed by atoms with Crippen molar-refractivity contribution in [1.29, 1.82) is 0 Å². The van der Waals surface area contributed by atoms with Crippen LogP contribution in [0.5, 0.6) is 0 Å². The molecule has 0 radical (unpaired) electrons. The van der Waals surface area contributed by atoms with Gasteiger partial charge in [0.1, 0.15) is 5.56 Å². The Kier molecular flexibility index (Phi) is 4.27. The maximum atomic E-state index is 15.5. The Morgan fingerprint density at radius 3 is 2.70 bits per heavy atom. The van der Waals surface area contributed by atoms with Crippen LogP contribution in [0.3, 0.4) is 0 Å². The number of hydrogen-bond donors (Lipinski definition) is 3. The summed E-state index contributed by atoms with van der Waals surface area (Å²) >= 11 is 1.36. The molecule has 8 heteroatoms. The molecule has 0 spiro atoms. The Morgan fingerprint density at radius 1 is 1.33 bits per heavy atom. The van der Waals surface area contributed by atoms with E-state index in [1.54, 1.807) is 11.5 Å². The van der Waals surface area contributed by atoms with Gasteiger partial charge in [0.25, 0.3) is 0 Å². The number of hydrogen-bond acceptors (Lipinski definition) is 5. The molecule has 2 aliphatic carbocycles. The van der Waals surface area contributed by atoms with E-state index in [0.717, 1.165) is 36.1 Å². The molecule has 1 atom stereocenters. The molecule has 1 unspecified atom stereocenters. The van der Waals surface area contributed by atoms with E-state index in [4.69, 9.17) is 5.73 Å². The summed E-state index contributed by atoms with van der Waals surface area (Å²) in [6.45, 7) is 1.74. The smallest absolute Gasteiger partial charge is 0.341 e. The molecule has 1 aromatic carbocycles. The topological polar surface area (TPSA) is 106 Å². The number of rotatable bonds is 3. The lowest BCUT2D eigenvalue weighted by atomic mass is 9.95. The molecule has 2 aliphatic rings. The highest BCUT2D eigenvalue weighted by Crippen LogP contribution is 2.46. The number of benzene rings is 1. The minimum Gasteiger partial charge on any atom is -0.477 e. The summed E-state index contributed by atoms with van der Waals surface area (Å²) in [6.07, 6.45) is 4.95. The summed E-state index contributed by atoms with van der Waals surface area (Å²) in [7, 11) is 0.